The lowest BCUT2D eigenvalue weighted by Gasteiger charge is -2.34. The molecule has 0 aromatic heterocycles. The second-order valence-corrected chi connectivity index (χ2v) is 7.50. The molecule has 6 nitrogen and oxygen atoms in total. The van der Waals surface area contributed by atoms with Crippen LogP contribution >= 0.6 is 12.4 Å². The van der Waals surface area contributed by atoms with Crippen LogP contribution in [0.1, 0.15) is 39.9 Å². The maximum Gasteiger partial charge on any atom is 0.252 e. The number of aryl methyl sites for hydroxylation is 1. The third-order valence-corrected chi connectivity index (χ3v) is 5.43. The molecule has 0 atom stereocenters. The summed E-state index contributed by atoms with van der Waals surface area (Å²) in [4.78, 5) is 25.2. The Morgan fingerprint density at radius 1 is 1.00 bits per heavy atom. The smallest absolute Gasteiger partial charge is 0.252 e. The first-order chi connectivity index (χ1) is 14.0. The summed E-state index contributed by atoms with van der Waals surface area (Å²) in [6.45, 7) is 4.39. The molecule has 162 valence electrons. The standard InChI is InChI=1S/C23H29N3O3.ClH/c1-17-6-8-18(9-7-17)15-25-21(27)20-5-3-4-19(14-20)16-26-22(28)23(29-2)10-12-24-13-11-23;/h3-9,14,24H,10-13,15-16H2,1-2H3,(H,25,27)(H,26,28);1H. The highest BCUT2D eigenvalue weighted by Gasteiger charge is 2.39. The molecule has 3 N–H and O–H groups in total. The number of hydrogen-bond donors (Lipinski definition) is 3. The first-order valence-corrected chi connectivity index (χ1v) is 9.99. The lowest BCUT2D eigenvalue weighted by Crippen LogP contribution is -2.53. The molecule has 2 aromatic carbocycles. The van der Waals surface area contributed by atoms with Gasteiger partial charge in [-0.05, 0) is 56.1 Å². The van der Waals surface area contributed by atoms with E-state index in [4.69, 9.17) is 4.74 Å². The summed E-state index contributed by atoms with van der Waals surface area (Å²) in [6, 6.07) is 15.4. The molecule has 0 radical (unpaired) electrons. The van der Waals surface area contributed by atoms with Gasteiger partial charge < -0.3 is 20.7 Å². The van der Waals surface area contributed by atoms with Crippen LogP contribution in [-0.2, 0) is 22.6 Å². The number of carbonyl (C=O) groups excluding carboxylic acids is 2. The minimum Gasteiger partial charge on any atom is -0.368 e. The Morgan fingerprint density at radius 3 is 2.33 bits per heavy atom. The number of carbonyl (C=O) groups is 2. The minimum absolute atomic E-state index is 0. The fourth-order valence-corrected chi connectivity index (χ4v) is 3.51. The molecule has 1 heterocycles. The number of rotatable bonds is 7. The first-order valence-electron chi connectivity index (χ1n) is 9.99. The molecule has 2 aromatic rings. The normalized spacial score (nSPS) is 15.0. The lowest BCUT2D eigenvalue weighted by molar-refractivity contribution is -0.146. The highest BCUT2D eigenvalue weighted by Crippen LogP contribution is 2.22. The van der Waals surface area contributed by atoms with E-state index < -0.39 is 5.60 Å². The monoisotopic (exact) mass is 431 g/mol. The summed E-state index contributed by atoms with van der Waals surface area (Å²) < 4.78 is 5.56. The average molecular weight is 432 g/mol. The highest BCUT2D eigenvalue weighted by atomic mass is 35.5. The molecule has 0 aliphatic carbocycles. The van der Waals surface area contributed by atoms with E-state index in [-0.39, 0.29) is 24.2 Å². The summed E-state index contributed by atoms with van der Waals surface area (Å²) in [5, 5.41) is 9.15. The van der Waals surface area contributed by atoms with E-state index in [0.29, 0.717) is 31.5 Å². The zero-order valence-electron chi connectivity index (χ0n) is 17.5. The van der Waals surface area contributed by atoms with Crippen molar-refractivity contribution < 1.29 is 14.3 Å². The average Bonchev–Trinajstić information content (AvgIpc) is 2.77. The van der Waals surface area contributed by atoms with Gasteiger partial charge in [-0.15, -0.1) is 12.4 Å². The van der Waals surface area contributed by atoms with Crippen LogP contribution in [-0.4, -0.2) is 37.6 Å². The maximum absolute atomic E-state index is 12.7. The zero-order chi connectivity index (χ0) is 20.7. The third-order valence-electron chi connectivity index (χ3n) is 5.43. The van der Waals surface area contributed by atoms with Crippen LogP contribution in [0.2, 0.25) is 0 Å². The van der Waals surface area contributed by atoms with Crippen molar-refractivity contribution in [3.63, 3.8) is 0 Å². The van der Waals surface area contributed by atoms with Crippen molar-refractivity contribution in [2.45, 2.75) is 38.5 Å². The fraction of sp³-hybridized carbons (Fsp3) is 0.391. The fourth-order valence-electron chi connectivity index (χ4n) is 3.51. The Bertz CT molecular complexity index is 849. The van der Waals surface area contributed by atoms with Gasteiger partial charge in [0.15, 0.2) is 0 Å². The molecule has 1 aliphatic heterocycles. The van der Waals surface area contributed by atoms with Gasteiger partial charge in [0.05, 0.1) is 0 Å². The van der Waals surface area contributed by atoms with Gasteiger partial charge in [-0.1, -0.05) is 42.0 Å². The van der Waals surface area contributed by atoms with Crippen LogP contribution < -0.4 is 16.0 Å². The van der Waals surface area contributed by atoms with Gasteiger partial charge in [0.1, 0.15) is 5.60 Å². The molecular formula is C23H30ClN3O3. The van der Waals surface area contributed by atoms with Crippen molar-refractivity contribution in [2.75, 3.05) is 20.2 Å². The Hall–Kier alpha value is -2.41. The van der Waals surface area contributed by atoms with Gasteiger partial charge in [0.2, 0.25) is 0 Å². The molecule has 1 fully saturated rings. The lowest BCUT2D eigenvalue weighted by atomic mass is 9.91. The van der Waals surface area contributed by atoms with Crippen molar-refractivity contribution in [3.05, 3.63) is 70.8 Å². The molecule has 1 saturated heterocycles. The second-order valence-electron chi connectivity index (χ2n) is 7.50. The Balaban J connectivity index is 0.00000320. The van der Waals surface area contributed by atoms with Crippen molar-refractivity contribution >= 4 is 24.2 Å². The SMILES string of the molecule is COC1(C(=O)NCc2cccc(C(=O)NCc3ccc(C)cc3)c2)CCNCC1.Cl. The molecule has 1 aliphatic rings. The number of amides is 2. The molecular weight excluding hydrogens is 402 g/mol. The number of halogens is 1. The predicted octanol–water partition coefficient (Wildman–Crippen LogP) is 2.73. The predicted molar refractivity (Wildman–Crippen MR) is 120 cm³/mol. The number of piperidine rings is 1. The van der Waals surface area contributed by atoms with Crippen LogP contribution in [0, 0.1) is 6.92 Å². The van der Waals surface area contributed by atoms with Gasteiger partial charge in [0.25, 0.3) is 11.8 Å². The second kappa shape index (κ2) is 11.1. The molecule has 2 amide bonds. The maximum atomic E-state index is 12.7. The van der Waals surface area contributed by atoms with Crippen LogP contribution in [0.4, 0.5) is 0 Å². The summed E-state index contributed by atoms with van der Waals surface area (Å²) in [7, 11) is 1.59. The van der Waals surface area contributed by atoms with E-state index in [1.807, 2.05) is 49.4 Å². The number of nitrogens with one attached hydrogen (secondary N) is 3. The van der Waals surface area contributed by atoms with Gasteiger partial charge >= 0.3 is 0 Å². The minimum atomic E-state index is -0.770. The molecule has 0 unspecified atom stereocenters. The van der Waals surface area contributed by atoms with E-state index >= 15 is 0 Å². The summed E-state index contributed by atoms with van der Waals surface area (Å²) in [6.07, 6.45) is 1.30. The van der Waals surface area contributed by atoms with E-state index in [0.717, 1.165) is 24.2 Å². The van der Waals surface area contributed by atoms with Crippen LogP contribution in [0.25, 0.3) is 0 Å². The van der Waals surface area contributed by atoms with E-state index in [9.17, 15) is 9.59 Å². The van der Waals surface area contributed by atoms with Crippen molar-refractivity contribution in [1.29, 1.82) is 0 Å². The molecule has 3 rings (SSSR count). The van der Waals surface area contributed by atoms with Crippen LogP contribution in [0.3, 0.4) is 0 Å². The Kier molecular flexibility index (Phi) is 8.84. The number of methoxy groups -OCH3 is 1. The van der Waals surface area contributed by atoms with Gasteiger partial charge in [-0.25, -0.2) is 0 Å². The van der Waals surface area contributed by atoms with Gasteiger partial charge in [0, 0.05) is 25.8 Å². The van der Waals surface area contributed by atoms with Crippen molar-refractivity contribution in [3.8, 4) is 0 Å². The summed E-state index contributed by atoms with van der Waals surface area (Å²) >= 11 is 0. The van der Waals surface area contributed by atoms with Crippen LogP contribution in [0.5, 0.6) is 0 Å². The van der Waals surface area contributed by atoms with Gasteiger partial charge in [-0.3, -0.25) is 9.59 Å². The summed E-state index contributed by atoms with van der Waals surface area (Å²) in [5.41, 5.74) is 2.93. The van der Waals surface area contributed by atoms with Gasteiger partial charge in [-0.2, -0.15) is 0 Å². The zero-order valence-corrected chi connectivity index (χ0v) is 18.3. The van der Waals surface area contributed by atoms with E-state index in [1.165, 1.54) is 5.56 Å². The van der Waals surface area contributed by atoms with E-state index in [1.54, 1.807) is 13.2 Å². The molecule has 0 bridgehead atoms. The van der Waals surface area contributed by atoms with Crippen LogP contribution in [0.15, 0.2) is 48.5 Å². The first kappa shape index (κ1) is 23.9. The number of benzene rings is 2. The van der Waals surface area contributed by atoms with E-state index in [2.05, 4.69) is 16.0 Å². The molecule has 0 saturated carbocycles. The Labute approximate surface area is 184 Å². The number of hydrogen-bond acceptors (Lipinski definition) is 4. The Morgan fingerprint density at radius 2 is 1.67 bits per heavy atom. The highest BCUT2D eigenvalue weighted by molar-refractivity contribution is 5.94. The third kappa shape index (κ3) is 6.05. The van der Waals surface area contributed by atoms with Crippen molar-refractivity contribution in [2.24, 2.45) is 0 Å². The molecule has 7 heteroatoms. The topological polar surface area (TPSA) is 79.5 Å². The largest absolute Gasteiger partial charge is 0.368 e. The quantitative estimate of drug-likeness (QED) is 0.629. The molecule has 30 heavy (non-hydrogen) atoms. The number of ether oxygens (including phenoxy) is 1. The van der Waals surface area contributed by atoms with Crippen molar-refractivity contribution in [1.82, 2.24) is 16.0 Å². The molecule has 0 spiro atoms. The summed E-state index contributed by atoms with van der Waals surface area (Å²) in [5.74, 6) is -0.235.